The van der Waals surface area contributed by atoms with E-state index >= 15 is 0 Å². The van der Waals surface area contributed by atoms with E-state index in [1.807, 2.05) is 0 Å². The van der Waals surface area contributed by atoms with Crippen LogP contribution < -0.4 is 11.1 Å². The Hall–Kier alpha value is -1.36. The Morgan fingerprint density at radius 2 is 2.05 bits per heavy atom. The number of carbonyl (C=O) groups is 1. The highest BCUT2D eigenvalue weighted by Crippen LogP contribution is 2.49. The minimum absolute atomic E-state index is 0.209. The fourth-order valence-electron chi connectivity index (χ4n) is 4.04. The van der Waals surface area contributed by atoms with Gasteiger partial charge in [-0.25, -0.2) is 0 Å². The number of aromatic nitrogens is 1. The molecule has 2 aliphatic rings. The van der Waals surface area contributed by atoms with Crippen LogP contribution in [-0.4, -0.2) is 17.1 Å². The first-order valence-electron chi connectivity index (χ1n) is 7.68. The normalized spacial score (nSPS) is 25.1. The van der Waals surface area contributed by atoms with Crippen molar-refractivity contribution >= 4 is 5.91 Å². The number of nitrogens with two attached hydrogens (primary N) is 1. The number of primary amides is 1. The zero-order valence-corrected chi connectivity index (χ0v) is 11.9. The molecule has 1 atom stereocenters. The highest BCUT2D eigenvalue weighted by molar-refractivity contribution is 5.90. The molecule has 0 saturated heterocycles. The molecule has 1 aromatic rings. The number of hydrogen-bond acceptors (Lipinski definition) is 4. The molecule has 2 aliphatic carbocycles. The Morgan fingerprint density at radius 3 is 2.70 bits per heavy atom. The zero-order chi connectivity index (χ0) is 14.0. The number of nitrogens with one attached hydrogen (secondary N) is 1. The van der Waals surface area contributed by atoms with Crippen molar-refractivity contribution in [1.82, 2.24) is 10.5 Å². The number of rotatable bonds is 4. The lowest BCUT2D eigenvalue weighted by molar-refractivity contribution is 0.0991. The average Bonchev–Trinajstić information content (AvgIpc) is 3.08. The predicted octanol–water partition coefficient (Wildman–Crippen LogP) is 2.37. The molecular weight excluding hydrogens is 254 g/mol. The Bertz CT molecular complexity index is 477. The van der Waals surface area contributed by atoms with E-state index in [1.54, 1.807) is 6.07 Å². The van der Waals surface area contributed by atoms with Crippen molar-refractivity contribution in [3.63, 3.8) is 0 Å². The molecule has 110 valence electrons. The lowest BCUT2D eigenvalue weighted by Crippen LogP contribution is -2.45. The summed E-state index contributed by atoms with van der Waals surface area (Å²) in [5.74, 6) is 0.155. The second kappa shape index (κ2) is 5.56. The summed E-state index contributed by atoms with van der Waals surface area (Å²) in [6.45, 7) is 0.632. The maximum absolute atomic E-state index is 11.0. The van der Waals surface area contributed by atoms with E-state index < -0.39 is 5.91 Å². The van der Waals surface area contributed by atoms with Crippen molar-refractivity contribution in [3.8, 4) is 0 Å². The van der Waals surface area contributed by atoms with Crippen molar-refractivity contribution in [1.29, 1.82) is 0 Å². The van der Waals surface area contributed by atoms with Crippen LogP contribution in [0.3, 0.4) is 0 Å². The first-order valence-corrected chi connectivity index (χ1v) is 7.68. The van der Waals surface area contributed by atoms with E-state index in [0.717, 1.165) is 0 Å². The van der Waals surface area contributed by atoms with Crippen LogP contribution >= 0.6 is 0 Å². The van der Waals surface area contributed by atoms with E-state index in [-0.39, 0.29) is 5.69 Å². The minimum atomic E-state index is -0.537. The van der Waals surface area contributed by atoms with E-state index in [0.29, 0.717) is 23.8 Å². The fraction of sp³-hybridized carbons (Fsp3) is 0.733. The third kappa shape index (κ3) is 2.59. The quantitative estimate of drug-likeness (QED) is 0.885. The number of carbonyl (C=O) groups excluding carboxylic acids is 1. The molecule has 1 unspecified atom stereocenters. The van der Waals surface area contributed by atoms with Gasteiger partial charge in [-0.1, -0.05) is 30.8 Å². The molecule has 1 aromatic heterocycles. The topological polar surface area (TPSA) is 81.2 Å². The first kappa shape index (κ1) is 13.6. The highest BCUT2D eigenvalue weighted by atomic mass is 16.5. The maximum atomic E-state index is 11.0. The van der Waals surface area contributed by atoms with Gasteiger partial charge in [0, 0.05) is 12.1 Å². The van der Waals surface area contributed by atoms with Crippen LogP contribution in [0.5, 0.6) is 0 Å². The van der Waals surface area contributed by atoms with Crippen molar-refractivity contribution in [2.45, 2.75) is 64.0 Å². The largest absolute Gasteiger partial charge is 0.364 e. The van der Waals surface area contributed by atoms with Gasteiger partial charge in [-0.15, -0.1) is 0 Å². The third-order valence-electron chi connectivity index (χ3n) is 5.09. The summed E-state index contributed by atoms with van der Waals surface area (Å²) in [5, 5.41) is 7.32. The van der Waals surface area contributed by atoms with Gasteiger partial charge in [-0.05, 0) is 31.1 Å². The van der Waals surface area contributed by atoms with Crippen molar-refractivity contribution in [2.75, 3.05) is 0 Å². The van der Waals surface area contributed by atoms with Gasteiger partial charge in [0.1, 0.15) is 0 Å². The Balaban J connectivity index is 1.62. The van der Waals surface area contributed by atoms with Gasteiger partial charge in [-0.3, -0.25) is 4.79 Å². The average molecular weight is 277 g/mol. The number of hydrogen-bond donors (Lipinski definition) is 2. The summed E-state index contributed by atoms with van der Waals surface area (Å²) < 4.78 is 5.15. The van der Waals surface area contributed by atoms with Gasteiger partial charge in [0.25, 0.3) is 5.91 Å². The maximum Gasteiger partial charge on any atom is 0.270 e. The SMILES string of the molecule is NC(=O)c1cc(CNC2CCCCC23CCCC3)on1. The molecular formula is C15H23N3O2. The van der Waals surface area contributed by atoms with E-state index in [4.69, 9.17) is 10.3 Å². The molecule has 20 heavy (non-hydrogen) atoms. The standard InChI is InChI=1S/C15H23N3O2/c16-14(19)12-9-11(20-18-12)10-17-13-5-1-2-6-15(13)7-3-4-8-15/h9,13,17H,1-8,10H2,(H2,16,19). The molecule has 0 bridgehead atoms. The molecule has 1 heterocycles. The summed E-state index contributed by atoms with van der Waals surface area (Å²) in [5.41, 5.74) is 5.89. The molecule has 2 saturated carbocycles. The number of nitrogens with zero attached hydrogens (tertiary/aromatic N) is 1. The molecule has 3 N–H and O–H groups in total. The fourth-order valence-corrected chi connectivity index (χ4v) is 4.04. The van der Waals surface area contributed by atoms with Crippen LogP contribution in [-0.2, 0) is 6.54 Å². The van der Waals surface area contributed by atoms with Crippen LogP contribution in [0.1, 0.15) is 67.6 Å². The molecule has 5 nitrogen and oxygen atoms in total. The van der Waals surface area contributed by atoms with Crippen LogP contribution in [0.4, 0.5) is 0 Å². The first-order chi connectivity index (χ1) is 9.70. The zero-order valence-electron chi connectivity index (χ0n) is 11.9. The van der Waals surface area contributed by atoms with Crippen LogP contribution in [0.15, 0.2) is 10.6 Å². The third-order valence-corrected chi connectivity index (χ3v) is 5.09. The van der Waals surface area contributed by atoms with Gasteiger partial charge in [0.2, 0.25) is 0 Å². The molecule has 5 heteroatoms. The van der Waals surface area contributed by atoms with Crippen molar-refractivity contribution < 1.29 is 9.32 Å². The van der Waals surface area contributed by atoms with Crippen molar-refractivity contribution in [3.05, 3.63) is 17.5 Å². The van der Waals surface area contributed by atoms with Crippen LogP contribution in [0.2, 0.25) is 0 Å². The van der Waals surface area contributed by atoms with Gasteiger partial charge in [0.15, 0.2) is 11.5 Å². The Morgan fingerprint density at radius 1 is 1.35 bits per heavy atom. The van der Waals surface area contributed by atoms with Gasteiger partial charge >= 0.3 is 0 Å². The molecule has 2 fully saturated rings. The van der Waals surface area contributed by atoms with E-state index in [9.17, 15) is 4.79 Å². The Labute approximate surface area is 119 Å². The summed E-state index contributed by atoms with van der Waals surface area (Å²) in [4.78, 5) is 11.0. The Kier molecular flexibility index (Phi) is 3.78. The second-order valence-electron chi connectivity index (χ2n) is 6.29. The molecule has 3 rings (SSSR count). The molecule has 1 spiro atoms. The van der Waals surface area contributed by atoms with E-state index in [1.165, 1.54) is 51.4 Å². The lowest BCUT2D eigenvalue weighted by Gasteiger charge is -2.42. The van der Waals surface area contributed by atoms with Gasteiger partial charge in [-0.2, -0.15) is 0 Å². The molecule has 0 aromatic carbocycles. The molecule has 0 aliphatic heterocycles. The number of amides is 1. The predicted molar refractivity (Wildman–Crippen MR) is 75.0 cm³/mol. The molecule has 0 radical (unpaired) electrons. The highest BCUT2D eigenvalue weighted by Gasteiger charge is 2.42. The monoisotopic (exact) mass is 277 g/mol. The van der Waals surface area contributed by atoms with Crippen LogP contribution in [0, 0.1) is 5.41 Å². The van der Waals surface area contributed by atoms with Gasteiger partial charge < -0.3 is 15.6 Å². The smallest absolute Gasteiger partial charge is 0.270 e. The summed E-state index contributed by atoms with van der Waals surface area (Å²) in [6, 6.07) is 2.21. The summed E-state index contributed by atoms with van der Waals surface area (Å²) in [6.07, 6.45) is 10.7. The molecule has 1 amide bonds. The second-order valence-corrected chi connectivity index (χ2v) is 6.29. The van der Waals surface area contributed by atoms with Gasteiger partial charge in [0.05, 0.1) is 6.54 Å². The minimum Gasteiger partial charge on any atom is -0.364 e. The van der Waals surface area contributed by atoms with E-state index in [2.05, 4.69) is 10.5 Å². The summed E-state index contributed by atoms with van der Waals surface area (Å²) >= 11 is 0. The lowest BCUT2D eigenvalue weighted by atomic mass is 9.69. The van der Waals surface area contributed by atoms with Crippen LogP contribution in [0.25, 0.3) is 0 Å². The van der Waals surface area contributed by atoms with Crippen molar-refractivity contribution in [2.24, 2.45) is 11.1 Å². The summed E-state index contributed by atoms with van der Waals surface area (Å²) in [7, 11) is 0.